The molecule has 1 N–H and O–H groups in total. The highest BCUT2D eigenvalue weighted by atomic mass is 16.5. The van der Waals surface area contributed by atoms with Gasteiger partial charge in [-0.15, -0.1) is 0 Å². The van der Waals surface area contributed by atoms with Crippen molar-refractivity contribution in [3.8, 4) is 22.9 Å². The van der Waals surface area contributed by atoms with Crippen LogP contribution in [-0.2, 0) is 6.61 Å². The molecule has 2 aromatic heterocycles. The van der Waals surface area contributed by atoms with Crippen LogP contribution in [0.1, 0.15) is 5.89 Å². The van der Waals surface area contributed by atoms with Gasteiger partial charge in [-0.3, -0.25) is 4.79 Å². The molecule has 3 rings (SSSR count). The zero-order valence-corrected chi connectivity index (χ0v) is 11.8. The summed E-state index contributed by atoms with van der Waals surface area (Å²) in [6.07, 6.45) is 1.53. The molecule has 0 aliphatic rings. The molecule has 1 aromatic carbocycles. The predicted molar refractivity (Wildman–Crippen MR) is 77.7 cm³/mol. The molecule has 0 aliphatic heterocycles. The number of aromatic nitrogens is 3. The van der Waals surface area contributed by atoms with Crippen LogP contribution in [0.5, 0.6) is 11.5 Å². The lowest BCUT2D eigenvalue weighted by molar-refractivity contribution is 0.233. The molecule has 0 bridgehead atoms. The summed E-state index contributed by atoms with van der Waals surface area (Å²) in [6, 6.07) is 10.3. The highest BCUT2D eigenvalue weighted by molar-refractivity contribution is 5.51. The number of para-hydroxylation sites is 2. The summed E-state index contributed by atoms with van der Waals surface area (Å²) >= 11 is 0. The molecule has 0 saturated heterocycles. The van der Waals surface area contributed by atoms with Gasteiger partial charge in [0, 0.05) is 17.8 Å². The molecule has 0 atom stereocenters. The van der Waals surface area contributed by atoms with E-state index >= 15 is 0 Å². The molecule has 0 fully saturated rings. The second-order valence-corrected chi connectivity index (χ2v) is 4.39. The van der Waals surface area contributed by atoms with Crippen molar-refractivity contribution in [2.24, 2.45) is 0 Å². The third kappa shape index (κ3) is 2.98. The SMILES string of the molecule is COc1ccccc1OCc1nc(-c2ccc(=O)[nH]c2)no1. The van der Waals surface area contributed by atoms with E-state index in [1.165, 1.54) is 12.3 Å². The third-order valence-electron chi connectivity index (χ3n) is 2.93. The molecule has 7 heteroatoms. The largest absolute Gasteiger partial charge is 0.493 e. The molecule has 0 unspecified atom stereocenters. The van der Waals surface area contributed by atoms with Crippen LogP contribution in [0, 0.1) is 0 Å². The van der Waals surface area contributed by atoms with E-state index in [0.717, 1.165) is 0 Å². The van der Waals surface area contributed by atoms with Crippen LogP contribution in [0.15, 0.2) is 51.9 Å². The van der Waals surface area contributed by atoms with Gasteiger partial charge in [0.05, 0.1) is 7.11 Å². The Hall–Kier alpha value is -3.09. The average molecular weight is 299 g/mol. The van der Waals surface area contributed by atoms with Gasteiger partial charge in [0.15, 0.2) is 18.1 Å². The second-order valence-electron chi connectivity index (χ2n) is 4.39. The van der Waals surface area contributed by atoms with E-state index in [-0.39, 0.29) is 12.2 Å². The lowest BCUT2D eigenvalue weighted by Crippen LogP contribution is -2.01. The Balaban J connectivity index is 1.72. The summed E-state index contributed by atoms with van der Waals surface area (Å²) in [7, 11) is 1.57. The molecule has 0 radical (unpaired) electrons. The first kappa shape index (κ1) is 13.9. The number of pyridine rings is 1. The summed E-state index contributed by atoms with van der Waals surface area (Å²) in [5.74, 6) is 1.93. The van der Waals surface area contributed by atoms with Gasteiger partial charge in [-0.05, 0) is 18.2 Å². The summed E-state index contributed by atoms with van der Waals surface area (Å²) in [5, 5.41) is 3.85. The summed E-state index contributed by atoms with van der Waals surface area (Å²) in [4.78, 5) is 17.8. The number of nitrogens with one attached hydrogen (secondary N) is 1. The highest BCUT2D eigenvalue weighted by Crippen LogP contribution is 2.26. The van der Waals surface area contributed by atoms with Crippen LogP contribution in [0.2, 0.25) is 0 Å². The highest BCUT2D eigenvalue weighted by Gasteiger charge is 2.10. The van der Waals surface area contributed by atoms with Crippen molar-refractivity contribution < 1.29 is 14.0 Å². The molecule has 0 amide bonds. The van der Waals surface area contributed by atoms with Crippen LogP contribution < -0.4 is 15.0 Å². The lowest BCUT2D eigenvalue weighted by Gasteiger charge is -2.07. The van der Waals surface area contributed by atoms with Crippen LogP contribution in [-0.4, -0.2) is 22.2 Å². The molecule has 7 nitrogen and oxygen atoms in total. The molecule has 22 heavy (non-hydrogen) atoms. The Morgan fingerprint density at radius 3 is 2.73 bits per heavy atom. The van der Waals surface area contributed by atoms with Crippen molar-refractivity contribution in [1.82, 2.24) is 15.1 Å². The van der Waals surface area contributed by atoms with Crippen molar-refractivity contribution in [1.29, 1.82) is 0 Å². The number of benzene rings is 1. The average Bonchev–Trinajstić information content (AvgIpc) is 3.03. The van der Waals surface area contributed by atoms with E-state index in [4.69, 9.17) is 14.0 Å². The van der Waals surface area contributed by atoms with Crippen LogP contribution in [0.25, 0.3) is 11.4 Å². The van der Waals surface area contributed by atoms with Gasteiger partial charge < -0.3 is 19.0 Å². The Labute approximate surface area is 125 Å². The third-order valence-corrected chi connectivity index (χ3v) is 2.93. The molecular formula is C15H13N3O4. The molecular weight excluding hydrogens is 286 g/mol. The maximum absolute atomic E-state index is 11.0. The van der Waals surface area contributed by atoms with Gasteiger partial charge >= 0.3 is 0 Å². The first-order valence-corrected chi connectivity index (χ1v) is 6.54. The van der Waals surface area contributed by atoms with Gasteiger partial charge in [-0.2, -0.15) is 4.98 Å². The normalized spacial score (nSPS) is 10.4. The molecule has 0 aliphatic carbocycles. The molecule has 0 spiro atoms. The maximum atomic E-state index is 11.0. The van der Waals surface area contributed by atoms with Gasteiger partial charge in [-0.25, -0.2) is 0 Å². The summed E-state index contributed by atoms with van der Waals surface area (Å²) in [5.41, 5.74) is 0.471. The second kappa shape index (κ2) is 6.13. The van der Waals surface area contributed by atoms with Crippen LogP contribution >= 0.6 is 0 Å². The van der Waals surface area contributed by atoms with Crippen molar-refractivity contribution in [2.75, 3.05) is 7.11 Å². The standard InChI is InChI=1S/C15H13N3O4/c1-20-11-4-2-3-5-12(11)21-9-14-17-15(18-22-14)10-6-7-13(19)16-8-10/h2-8H,9H2,1H3,(H,16,19). The lowest BCUT2D eigenvalue weighted by atomic mass is 10.3. The number of hydrogen-bond donors (Lipinski definition) is 1. The fourth-order valence-electron chi connectivity index (χ4n) is 1.86. The number of H-pyrrole nitrogens is 1. The maximum Gasteiger partial charge on any atom is 0.264 e. The fourth-order valence-corrected chi connectivity index (χ4v) is 1.86. The number of ether oxygens (including phenoxy) is 2. The zero-order valence-electron chi connectivity index (χ0n) is 11.8. The van der Waals surface area contributed by atoms with E-state index in [9.17, 15) is 4.79 Å². The monoisotopic (exact) mass is 299 g/mol. The van der Waals surface area contributed by atoms with Crippen LogP contribution in [0.4, 0.5) is 0 Å². The number of aromatic amines is 1. The van der Waals surface area contributed by atoms with Crippen LogP contribution in [0.3, 0.4) is 0 Å². The van der Waals surface area contributed by atoms with Gasteiger partial charge in [0.1, 0.15) is 0 Å². The Morgan fingerprint density at radius 2 is 2.00 bits per heavy atom. The van der Waals surface area contributed by atoms with E-state index in [1.807, 2.05) is 12.1 Å². The van der Waals surface area contributed by atoms with Crippen molar-refractivity contribution >= 4 is 0 Å². The molecule has 3 aromatic rings. The molecule has 112 valence electrons. The minimum atomic E-state index is -0.188. The minimum absolute atomic E-state index is 0.122. The summed E-state index contributed by atoms with van der Waals surface area (Å²) in [6.45, 7) is 0.122. The predicted octanol–water partition coefficient (Wildman–Crippen LogP) is 2.01. The Bertz CT molecular complexity index is 805. The molecule has 2 heterocycles. The van der Waals surface area contributed by atoms with Gasteiger partial charge in [-0.1, -0.05) is 17.3 Å². The fraction of sp³-hybridized carbons (Fsp3) is 0.133. The number of rotatable bonds is 5. The van der Waals surface area contributed by atoms with Gasteiger partial charge in [0.2, 0.25) is 11.4 Å². The topological polar surface area (TPSA) is 90.2 Å². The van der Waals surface area contributed by atoms with E-state index in [1.54, 1.807) is 25.3 Å². The summed E-state index contributed by atoms with van der Waals surface area (Å²) < 4.78 is 15.9. The van der Waals surface area contributed by atoms with E-state index < -0.39 is 0 Å². The van der Waals surface area contributed by atoms with Crippen molar-refractivity contribution in [2.45, 2.75) is 6.61 Å². The van der Waals surface area contributed by atoms with Crippen molar-refractivity contribution in [3.63, 3.8) is 0 Å². The quantitative estimate of drug-likeness (QED) is 0.775. The van der Waals surface area contributed by atoms with E-state index in [2.05, 4.69) is 15.1 Å². The number of methoxy groups -OCH3 is 1. The van der Waals surface area contributed by atoms with Crippen molar-refractivity contribution in [3.05, 3.63) is 58.8 Å². The first-order chi connectivity index (χ1) is 10.8. The minimum Gasteiger partial charge on any atom is -0.493 e. The Morgan fingerprint density at radius 1 is 1.18 bits per heavy atom. The van der Waals surface area contributed by atoms with E-state index in [0.29, 0.717) is 28.8 Å². The number of nitrogens with zero attached hydrogens (tertiary/aromatic N) is 2. The smallest absolute Gasteiger partial charge is 0.264 e. The Kier molecular flexibility index (Phi) is 3.86. The number of hydrogen-bond acceptors (Lipinski definition) is 6. The molecule has 0 saturated carbocycles. The van der Waals surface area contributed by atoms with Gasteiger partial charge in [0.25, 0.3) is 5.89 Å². The first-order valence-electron chi connectivity index (χ1n) is 6.54. The zero-order chi connectivity index (χ0) is 15.4.